The minimum absolute atomic E-state index is 0.314. The molecule has 0 saturated heterocycles. The van der Waals surface area contributed by atoms with E-state index in [4.69, 9.17) is 32.7 Å². The van der Waals surface area contributed by atoms with E-state index < -0.39 is 11.6 Å². The Morgan fingerprint density at radius 2 is 1.84 bits per heavy atom. The first-order valence-electron chi connectivity index (χ1n) is 7.81. The zero-order valence-corrected chi connectivity index (χ0v) is 15.9. The van der Waals surface area contributed by atoms with Crippen LogP contribution in [0.2, 0.25) is 10.0 Å². The molecule has 0 aliphatic carbocycles. The normalized spacial score (nSPS) is 11.6. The van der Waals surface area contributed by atoms with Gasteiger partial charge in [-0.2, -0.15) is 0 Å². The maximum Gasteiger partial charge on any atom is 0.331 e. The van der Waals surface area contributed by atoms with Gasteiger partial charge in [-0.05, 0) is 51.1 Å². The van der Waals surface area contributed by atoms with Gasteiger partial charge in [0.1, 0.15) is 18.0 Å². The van der Waals surface area contributed by atoms with E-state index in [9.17, 15) is 4.79 Å². The molecule has 0 N–H and O–H groups in total. The smallest absolute Gasteiger partial charge is 0.331 e. The second-order valence-corrected chi connectivity index (χ2v) is 7.27. The molecule has 5 heteroatoms. The van der Waals surface area contributed by atoms with Crippen LogP contribution in [0, 0.1) is 0 Å². The van der Waals surface area contributed by atoms with Crippen LogP contribution < -0.4 is 4.74 Å². The molecule has 0 aromatic heterocycles. The number of halogens is 2. The number of hydrogen-bond donors (Lipinski definition) is 0. The van der Waals surface area contributed by atoms with Crippen LogP contribution in [0.1, 0.15) is 31.9 Å². The van der Waals surface area contributed by atoms with Gasteiger partial charge in [-0.3, -0.25) is 0 Å². The van der Waals surface area contributed by atoms with Gasteiger partial charge in [0.15, 0.2) is 0 Å². The van der Waals surface area contributed by atoms with Crippen LogP contribution in [0.3, 0.4) is 0 Å². The van der Waals surface area contributed by atoms with Crippen molar-refractivity contribution in [3.05, 3.63) is 69.7 Å². The van der Waals surface area contributed by atoms with Crippen LogP contribution in [0.15, 0.2) is 48.5 Å². The number of ether oxygens (including phenoxy) is 2. The van der Waals surface area contributed by atoms with E-state index in [1.54, 1.807) is 24.3 Å². The summed E-state index contributed by atoms with van der Waals surface area (Å²) in [4.78, 5) is 11.9. The third-order valence-electron chi connectivity index (χ3n) is 3.12. The van der Waals surface area contributed by atoms with Crippen LogP contribution in [0.25, 0.3) is 6.08 Å². The molecular formula is C20H20Cl2O3. The molecule has 2 aromatic carbocycles. The van der Waals surface area contributed by atoms with Crippen molar-refractivity contribution < 1.29 is 14.3 Å². The molecule has 3 nitrogen and oxygen atoms in total. The first-order valence-corrected chi connectivity index (χ1v) is 8.57. The van der Waals surface area contributed by atoms with Gasteiger partial charge in [-0.25, -0.2) is 4.79 Å². The van der Waals surface area contributed by atoms with E-state index >= 15 is 0 Å². The minimum Gasteiger partial charge on any atom is -0.488 e. The summed E-state index contributed by atoms with van der Waals surface area (Å²) in [5, 5.41) is 1.19. The Kier molecular flexibility index (Phi) is 6.51. The predicted molar refractivity (Wildman–Crippen MR) is 102 cm³/mol. The monoisotopic (exact) mass is 378 g/mol. The molecule has 132 valence electrons. The Bertz CT molecular complexity index is 777. The van der Waals surface area contributed by atoms with Crippen molar-refractivity contribution in [2.75, 3.05) is 0 Å². The Hall–Kier alpha value is -1.97. The van der Waals surface area contributed by atoms with E-state index in [2.05, 4.69) is 0 Å². The predicted octanol–water partition coefficient (Wildman–Crippen LogP) is 5.93. The topological polar surface area (TPSA) is 35.5 Å². The molecule has 0 aliphatic heterocycles. The van der Waals surface area contributed by atoms with Crippen molar-refractivity contribution in [1.29, 1.82) is 0 Å². The third-order valence-corrected chi connectivity index (χ3v) is 3.72. The fraction of sp³-hybridized carbons (Fsp3) is 0.250. The zero-order valence-electron chi connectivity index (χ0n) is 14.4. The van der Waals surface area contributed by atoms with Gasteiger partial charge in [0.25, 0.3) is 0 Å². The number of carbonyl (C=O) groups is 1. The summed E-state index contributed by atoms with van der Waals surface area (Å²) in [6.07, 6.45) is 2.99. The molecule has 0 unspecified atom stereocenters. The lowest BCUT2D eigenvalue weighted by molar-refractivity contribution is -0.148. The molecular weight excluding hydrogens is 359 g/mol. The molecule has 2 aromatic rings. The quantitative estimate of drug-likeness (QED) is 0.477. The summed E-state index contributed by atoms with van der Waals surface area (Å²) in [6, 6.07) is 12.7. The highest BCUT2D eigenvalue weighted by molar-refractivity contribution is 6.31. The highest BCUT2D eigenvalue weighted by Crippen LogP contribution is 2.26. The number of carbonyl (C=O) groups excluding carboxylic acids is 1. The third kappa shape index (κ3) is 6.45. The molecule has 2 rings (SSSR count). The fourth-order valence-corrected chi connectivity index (χ4v) is 2.42. The largest absolute Gasteiger partial charge is 0.488 e. The van der Waals surface area contributed by atoms with Crippen LogP contribution >= 0.6 is 23.2 Å². The molecule has 0 bridgehead atoms. The fourth-order valence-electron chi connectivity index (χ4n) is 2.05. The summed E-state index contributed by atoms with van der Waals surface area (Å²) in [7, 11) is 0. The van der Waals surface area contributed by atoms with E-state index in [0.717, 1.165) is 5.56 Å². The molecule has 0 spiro atoms. The van der Waals surface area contributed by atoms with Gasteiger partial charge >= 0.3 is 5.97 Å². The number of esters is 1. The van der Waals surface area contributed by atoms with Gasteiger partial charge in [0.05, 0.1) is 0 Å². The summed E-state index contributed by atoms with van der Waals surface area (Å²) < 4.78 is 11.1. The summed E-state index contributed by atoms with van der Waals surface area (Å²) in [5.74, 6) is 0.175. The molecule has 0 atom stereocenters. The van der Waals surface area contributed by atoms with E-state index in [-0.39, 0.29) is 0 Å². The van der Waals surface area contributed by atoms with Gasteiger partial charge in [-0.1, -0.05) is 41.4 Å². The first kappa shape index (κ1) is 19.4. The van der Waals surface area contributed by atoms with Crippen molar-refractivity contribution in [3.8, 4) is 5.75 Å². The average Bonchev–Trinajstić information content (AvgIpc) is 2.52. The van der Waals surface area contributed by atoms with Crippen LogP contribution in [-0.2, 0) is 16.1 Å². The summed E-state index contributed by atoms with van der Waals surface area (Å²) in [5.41, 5.74) is 1.02. The highest BCUT2D eigenvalue weighted by Gasteiger charge is 2.14. The molecule has 0 saturated carbocycles. The van der Waals surface area contributed by atoms with Gasteiger partial charge < -0.3 is 9.47 Å². The SMILES string of the molecule is CC(C)(C)OC(=O)/C=C/c1cc(Cl)ccc1OCc1ccccc1Cl. The molecule has 0 aliphatic rings. The Morgan fingerprint density at radius 1 is 1.12 bits per heavy atom. The number of rotatable bonds is 5. The molecule has 25 heavy (non-hydrogen) atoms. The molecule has 0 radical (unpaired) electrons. The van der Waals surface area contributed by atoms with Crippen molar-refractivity contribution in [2.24, 2.45) is 0 Å². The van der Waals surface area contributed by atoms with Crippen LogP contribution in [0.4, 0.5) is 0 Å². The average molecular weight is 379 g/mol. The van der Waals surface area contributed by atoms with Gasteiger partial charge in [0, 0.05) is 27.2 Å². The summed E-state index contributed by atoms with van der Waals surface area (Å²) in [6.45, 7) is 5.76. The molecule has 0 amide bonds. The Morgan fingerprint density at radius 3 is 2.52 bits per heavy atom. The standard InChI is InChI=1S/C20H20Cl2O3/c1-20(2,3)25-19(23)11-8-14-12-16(21)9-10-18(14)24-13-15-6-4-5-7-17(15)22/h4-12H,13H2,1-3H3/b11-8+. The van der Waals surface area contributed by atoms with E-state index in [0.29, 0.717) is 28.0 Å². The lowest BCUT2D eigenvalue weighted by Crippen LogP contribution is -2.22. The van der Waals surface area contributed by atoms with Crippen LogP contribution in [-0.4, -0.2) is 11.6 Å². The molecule has 0 heterocycles. The van der Waals surface area contributed by atoms with E-state index in [1.807, 2.05) is 45.0 Å². The Balaban J connectivity index is 2.14. The minimum atomic E-state index is -0.543. The first-order chi connectivity index (χ1) is 11.7. The van der Waals surface area contributed by atoms with Crippen LogP contribution in [0.5, 0.6) is 5.75 Å². The van der Waals surface area contributed by atoms with Gasteiger partial charge in [-0.15, -0.1) is 0 Å². The second kappa shape index (κ2) is 8.41. The maximum atomic E-state index is 11.9. The zero-order chi connectivity index (χ0) is 18.4. The van der Waals surface area contributed by atoms with Gasteiger partial charge in [0.2, 0.25) is 0 Å². The lowest BCUT2D eigenvalue weighted by Gasteiger charge is -2.18. The molecule has 0 fully saturated rings. The number of hydrogen-bond acceptors (Lipinski definition) is 3. The maximum absolute atomic E-state index is 11.9. The van der Waals surface area contributed by atoms with Crippen molar-refractivity contribution in [2.45, 2.75) is 33.0 Å². The Labute approximate surface area is 158 Å². The van der Waals surface area contributed by atoms with E-state index in [1.165, 1.54) is 6.08 Å². The van der Waals surface area contributed by atoms with Crippen molar-refractivity contribution in [1.82, 2.24) is 0 Å². The lowest BCUT2D eigenvalue weighted by atomic mass is 10.1. The van der Waals surface area contributed by atoms with Crippen molar-refractivity contribution in [3.63, 3.8) is 0 Å². The number of benzene rings is 2. The summed E-state index contributed by atoms with van der Waals surface area (Å²) >= 11 is 12.2. The van der Waals surface area contributed by atoms with Crippen molar-refractivity contribution >= 4 is 35.2 Å². The highest BCUT2D eigenvalue weighted by atomic mass is 35.5. The second-order valence-electron chi connectivity index (χ2n) is 6.43.